The normalized spacial score (nSPS) is 11.9. The van der Waals surface area contributed by atoms with Crippen molar-refractivity contribution in [2.45, 2.75) is 11.1 Å². The highest BCUT2D eigenvalue weighted by Gasteiger charge is 2.29. The van der Waals surface area contributed by atoms with Gasteiger partial charge in [0, 0.05) is 20.2 Å². The van der Waals surface area contributed by atoms with Crippen molar-refractivity contribution < 1.29 is 23.1 Å². The van der Waals surface area contributed by atoms with Crippen molar-refractivity contribution in [1.29, 1.82) is 0 Å². The molecule has 0 saturated heterocycles. The van der Waals surface area contributed by atoms with Crippen LogP contribution >= 0.6 is 11.3 Å². The van der Waals surface area contributed by atoms with Crippen LogP contribution in [0.5, 0.6) is 0 Å². The third-order valence-electron chi connectivity index (χ3n) is 2.14. The van der Waals surface area contributed by atoms with Crippen LogP contribution in [-0.4, -0.2) is 55.6 Å². The minimum atomic E-state index is -3.82. The van der Waals surface area contributed by atoms with Gasteiger partial charge >= 0.3 is 5.97 Å². The molecular formula is C9H14N2O5S2. The van der Waals surface area contributed by atoms with Crippen molar-refractivity contribution in [2.24, 2.45) is 0 Å². The molecule has 102 valence electrons. The van der Waals surface area contributed by atoms with Gasteiger partial charge in [0.15, 0.2) is 9.90 Å². The van der Waals surface area contributed by atoms with E-state index in [-0.39, 0.29) is 17.4 Å². The zero-order valence-electron chi connectivity index (χ0n) is 9.99. The Kier molecular flexibility index (Phi) is 5.20. The first kappa shape index (κ1) is 15.0. The fraction of sp³-hybridized carbons (Fsp3) is 0.556. The third-order valence-corrected chi connectivity index (χ3v) is 5.34. The summed E-state index contributed by atoms with van der Waals surface area (Å²) in [4.78, 5) is 14.4. The molecule has 0 spiro atoms. The van der Waals surface area contributed by atoms with Crippen LogP contribution in [-0.2, 0) is 14.8 Å². The lowest BCUT2D eigenvalue weighted by atomic mass is 10.5. The van der Waals surface area contributed by atoms with Gasteiger partial charge in [-0.05, 0) is 6.92 Å². The van der Waals surface area contributed by atoms with Crippen molar-refractivity contribution in [3.8, 4) is 0 Å². The van der Waals surface area contributed by atoms with Gasteiger partial charge in [-0.15, -0.1) is 11.3 Å². The Hall–Kier alpha value is -1.03. The molecule has 0 fully saturated rings. The molecule has 9 heteroatoms. The molecule has 1 N–H and O–H groups in total. The second-order valence-electron chi connectivity index (χ2n) is 3.32. The summed E-state index contributed by atoms with van der Waals surface area (Å²) in [5.74, 6) is -1.35. The van der Waals surface area contributed by atoms with E-state index in [2.05, 4.69) is 4.98 Å². The van der Waals surface area contributed by atoms with Crippen molar-refractivity contribution in [3.05, 3.63) is 11.2 Å². The standard InChI is InChI=1S/C9H14N2O5S2/c1-3-16-5-4-11(2)18(14,15)9-7(8(12)13)10-6-17-9/h6H,3-5H2,1-2H3,(H,12,13). The van der Waals surface area contributed by atoms with Crippen LogP contribution in [0.1, 0.15) is 17.4 Å². The molecule has 0 atom stereocenters. The minimum absolute atomic E-state index is 0.160. The molecule has 0 aliphatic carbocycles. The van der Waals surface area contributed by atoms with Gasteiger partial charge in [-0.25, -0.2) is 18.2 Å². The summed E-state index contributed by atoms with van der Waals surface area (Å²) in [6, 6.07) is 0. The summed E-state index contributed by atoms with van der Waals surface area (Å²) in [6.45, 7) is 2.72. The molecule has 1 aromatic heterocycles. The summed E-state index contributed by atoms with van der Waals surface area (Å²) >= 11 is 0.790. The van der Waals surface area contributed by atoms with E-state index in [1.807, 2.05) is 0 Å². The summed E-state index contributed by atoms with van der Waals surface area (Å²) < 4.78 is 30.0. The van der Waals surface area contributed by atoms with E-state index in [4.69, 9.17) is 9.84 Å². The maximum atomic E-state index is 12.1. The lowest BCUT2D eigenvalue weighted by molar-refractivity contribution is 0.0687. The average Bonchev–Trinajstić information content (AvgIpc) is 2.78. The predicted octanol–water partition coefficient (Wildman–Crippen LogP) is 0.498. The maximum absolute atomic E-state index is 12.1. The largest absolute Gasteiger partial charge is 0.476 e. The van der Waals surface area contributed by atoms with E-state index in [0.29, 0.717) is 6.61 Å². The minimum Gasteiger partial charge on any atom is -0.476 e. The summed E-state index contributed by atoms with van der Waals surface area (Å²) in [7, 11) is -2.45. The first-order valence-electron chi connectivity index (χ1n) is 5.12. The van der Waals surface area contributed by atoms with Crippen molar-refractivity contribution in [1.82, 2.24) is 9.29 Å². The number of thiazole rings is 1. The number of likely N-dealkylation sites (N-methyl/N-ethyl adjacent to an activating group) is 1. The Morgan fingerprint density at radius 3 is 2.83 bits per heavy atom. The first-order valence-corrected chi connectivity index (χ1v) is 7.44. The van der Waals surface area contributed by atoms with Gasteiger partial charge in [0.1, 0.15) is 0 Å². The molecule has 18 heavy (non-hydrogen) atoms. The summed E-state index contributed by atoms with van der Waals surface area (Å²) in [6.07, 6.45) is 0. The van der Waals surface area contributed by atoms with E-state index in [0.717, 1.165) is 15.6 Å². The number of nitrogens with zero attached hydrogens (tertiary/aromatic N) is 2. The molecule has 7 nitrogen and oxygen atoms in total. The van der Waals surface area contributed by atoms with Crippen LogP contribution < -0.4 is 0 Å². The fourth-order valence-electron chi connectivity index (χ4n) is 1.16. The smallest absolute Gasteiger partial charge is 0.356 e. The summed E-state index contributed by atoms with van der Waals surface area (Å²) in [5.41, 5.74) is 0.760. The van der Waals surface area contributed by atoms with E-state index >= 15 is 0 Å². The average molecular weight is 294 g/mol. The molecule has 1 heterocycles. The quantitative estimate of drug-likeness (QED) is 0.735. The van der Waals surface area contributed by atoms with Crippen LogP contribution in [0.2, 0.25) is 0 Å². The topological polar surface area (TPSA) is 96.8 Å². The number of hydrogen-bond donors (Lipinski definition) is 1. The Morgan fingerprint density at radius 1 is 1.61 bits per heavy atom. The Labute approximate surface area is 109 Å². The van der Waals surface area contributed by atoms with Crippen LogP contribution in [0, 0.1) is 0 Å². The number of aromatic carboxylic acids is 1. The lowest BCUT2D eigenvalue weighted by Gasteiger charge is -2.15. The van der Waals surface area contributed by atoms with E-state index in [1.54, 1.807) is 6.92 Å². The van der Waals surface area contributed by atoms with Gasteiger partial charge < -0.3 is 9.84 Å². The predicted molar refractivity (Wildman–Crippen MR) is 65.4 cm³/mol. The number of aromatic nitrogens is 1. The van der Waals surface area contributed by atoms with Gasteiger partial charge in [0.2, 0.25) is 0 Å². The molecule has 0 aliphatic heterocycles. The molecule has 0 saturated carbocycles. The lowest BCUT2D eigenvalue weighted by Crippen LogP contribution is -2.30. The SMILES string of the molecule is CCOCCN(C)S(=O)(=O)c1scnc1C(=O)O. The maximum Gasteiger partial charge on any atom is 0.356 e. The zero-order chi connectivity index (χ0) is 13.8. The number of carboxylic acids is 1. The molecule has 0 aromatic carbocycles. The number of ether oxygens (including phenoxy) is 1. The van der Waals surface area contributed by atoms with Gasteiger partial charge in [-0.2, -0.15) is 4.31 Å². The molecule has 0 radical (unpaired) electrons. The molecule has 0 amide bonds. The van der Waals surface area contributed by atoms with E-state index in [9.17, 15) is 13.2 Å². The van der Waals surface area contributed by atoms with Gasteiger partial charge in [0.05, 0.1) is 12.1 Å². The molecular weight excluding hydrogens is 280 g/mol. The van der Waals surface area contributed by atoms with Crippen molar-refractivity contribution in [3.63, 3.8) is 0 Å². The number of sulfonamides is 1. The highest BCUT2D eigenvalue weighted by atomic mass is 32.2. The zero-order valence-corrected chi connectivity index (χ0v) is 11.6. The monoisotopic (exact) mass is 294 g/mol. The second-order valence-corrected chi connectivity index (χ2v) is 6.41. The second kappa shape index (κ2) is 6.23. The number of carboxylic acid groups (broad SMARTS) is 1. The molecule has 0 unspecified atom stereocenters. The fourth-order valence-corrected chi connectivity index (χ4v) is 3.65. The summed E-state index contributed by atoms with van der Waals surface area (Å²) in [5, 5.41) is 8.85. The third kappa shape index (κ3) is 3.25. The first-order chi connectivity index (χ1) is 8.41. The van der Waals surface area contributed by atoms with Crippen LogP contribution in [0.15, 0.2) is 9.72 Å². The molecule has 0 bridgehead atoms. The van der Waals surface area contributed by atoms with Gasteiger partial charge in [0.25, 0.3) is 10.0 Å². The van der Waals surface area contributed by atoms with Crippen LogP contribution in [0.25, 0.3) is 0 Å². The Bertz CT molecular complexity index is 511. The number of hydrogen-bond acceptors (Lipinski definition) is 6. The number of carbonyl (C=O) groups is 1. The number of rotatable bonds is 7. The van der Waals surface area contributed by atoms with E-state index < -0.39 is 21.7 Å². The van der Waals surface area contributed by atoms with Crippen LogP contribution in [0.4, 0.5) is 0 Å². The van der Waals surface area contributed by atoms with Gasteiger partial charge in [-0.1, -0.05) is 0 Å². The highest BCUT2D eigenvalue weighted by Crippen LogP contribution is 2.23. The van der Waals surface area contributed by atoms with Crippen LogP contribution in [0.3, 0.4) is 0 Å². The van der Waals surface area contributed by atoms with Gasteiger partial charge in [-0.3, -0.25) is 0 Å². The highest BCUT2D eigenvalue weighted by molar-refractivity contribution is 7.91. The Balaban J connectivity index is 2.92. The molecule has 0 aliphatic rings. The molecule has 1 aromatic rings. The molecule has 1 rings (SSSR count). The van der Waals surface area contributed by atoms with Crippen molar-refractivity contribution in [2.75, 3.05) is 26.8 Å². The van der Waals surface area contributed by atoms with E-state index in [1.165, 1.54) is 12.6 Å². The van der Waals surface area contributed by atoms with Crippen molar-refractivity contribution >= 4 is 27.3 Å². The Morgan fingerprint density at radius 2 is 2.28 bits per heavy atom.